The highest BCUT2D eigenvalue weighted by atomic mass is 35.5. The zero-order valence-electron chi connectivity index (χ0n) is 14.3. The van der Waals surface area contributed by atoms with Gasteiger partial charge in [-0.2, -0.15) is 0 Å². The summed E-state index contributed by atoms with van der Waals surface area (Å²) in [4.78, 5) is 12.4. The van der Waals surface area contributed by atoms with Crippen LogP contribution in [-0.2, 0) is 4.79 Å². The molecule has 2 heterocycles. The number of furan rings is 1. The minimum absolute atomic E-state index is 0. The van der Waals surface area contributed by atoms with E-state index in [2.05, 4.69) is 10.6 Å². The summed E-state index contributed by atoms with van der Waals surface area (Å²) >= 11 is 0. The summed E-state index contributed by atoms with van der Waals surface area (Å²) in [6, 6.07) is 5.61. The highest BCUT2D eigenvalue weighted by molar-refractivity contribution is 5.85. The van der Waals surface area contributed by atoms with Gasteiger partial charge in [-0.15, -0.1) is 12.4 Å². The highest BCUT2D eigenvalue weighted by Gasteiger charge is 2.24. The molecule has 0 radical (unpaired) electrons. The Morgan fingerprint density at radius 2 is 2.25 bits per heavy atom. The zero-order chi connectivity index (χ0) is 16.4. The second-order valence-corrected chi connectivity index (χ2v) is 6.23. The van der Waals surface area contributed by atoms with Crippen molar-refractivity contribution < 1.29 is 13.9 Å². The number of piperidine rings is 1. The number of fused-ring (bicyclic) bond motifs is 1. The van der Waals surface area contributed by atoms with Crippen molar-refractivity contribution in [3.63, 3.8) is 0 Å². The van der Waals surface area contributed by atoms with Gasteiger partial charge in [0.05, 0.1) is 19.1 Å². The lowest BCUT2D eigenvalue weighted by Crippen LogP contribution is -2.41. The maximum Gasteiger partial charge on any atom is 0.224 e. The Bertz CT molecular complexity index is 708. The van der Waals surface area contributed by atoms with Crippen molar-refractivity contribution in [2.45, 2.75) is 32.7 Å². The first-order valence-corrected chi connectivity index (χ1v) is 8.18. The third-order valence-electron chi connectivity index (χ3n) is 4.60. The molecule has 1 saturated heterocycles. The second kappa shape index (κ2) is 7.90. The molecule has 0 saturated carbocycles. The van der Waals surface area contributed by atoms with E-state index in [0.29, 0.717) is 0 Å². The van der Waals surface area contributed by atoms with Crippen molar-refractivity contribution in [1.29, 1.82) is 0 Å². The number of nitrogens with one attached hydrogen (secondary N) is 2. The Morgan fingerprint density at radius 3 is 2.92 bits per heavy atom. The van der Waals surface area contributed by atoms with Gasteiger partial charge in [-0.05, 0) is 51.4 Å². The second-order valence-electron chi connectivity index (χ2n) is 6.23. The Balaban J connectivity index is 0.00000208. The molecule has 5 nitrogen and oxygen atoms in total. The van der Waals surface area contributed by atoms with E-state index in [1.54, 1.807) is 7.11 Å². The van der Waals surface area contributed by atoms with Gasteiger partial charge in [0.15, 0.2) is 0 Å². The Labute approximate surface area is 148 Å². The predicted molar refractivity (Wildman–Crippen MR) is 96.9 cm³/mol. The first-order chi connectivity index (χ1) is 11.1. The van der Waals surface area contributed by atoms with E-state index < -0.39 is 0 Å². The van der Waals surface area contributed by atoms with Crippen LogP contribution in [0.5, 0.6) is 5.75 Å². The third-order valence-corrected chi connectivity index (χ3v) is 4.60. The number of rotatable bonds is 4. The quantitative estimate of drug-likeness (QED) is 0.885. The monoisotopic (exact) mass is 352 g/mol. The van der Waals surface area contributed by atoms with Gasteiger partial charge in [0.2, 0.25) is 5.91 Å². The third kappa shape index (κ3) is 3.68. The standard InChI is InChI=1S/C18H24N2O3.ClH/c1-11-15-9-14(22-3)6-7-16(15)23-17(11)12(2)20-18(21)13-5-4-8-19-10-13;/h6-7,9,12-13,19H,4-5,8,10H2,1-3H3,(H,20,21);1H. The topological polar surface area (TPSA) is 63.5 Å². The predicted octanol–water partition coefficient (Wildman–Crippen LogP) is 3.35. The van der Waals surface area contributed by atoms with Gasteiger partial charge in [0.1, 0.15) is 17.1 Å². The van der Waals surface area contributed by atoms with Crippen molar-refractivity contribution in [1.82, 2.24) is 10.6 Å². The molecular weight excluding hydrogens is 328 g/mol. The normalized spacial score (nSPS) is 18.7. The molecule has 2 atom stereocenters. The summed E-state index contributed by atoms with van der Waals surface area (Å²) in [5.41, 5.74) is 1.87. The largest absolute Gasteiger partial charge is 0.497 e. The number of ether oxygens (including phenoxy) is 1. The molecule has 1 amide bonds. The van der Waals surface area contributed by atoms with Gasteiger partial charge in [-0.3, -0.25) is 4.79 Å². The summed E-state index contributed by atoms with van der Waals surface area (Å²) in [5.74, 6) is 1.77. The fourth-order valence-corrected chi connectivity index (χ4v) is 3.23. The minimum Gasteiger partial charge on any atom is -0.497 e. The van der Waals surface area contributed by atoms with E-state index in [0.717, 1.165) is 54.0 Å². The SMILES string of the molecule is COc1ccc2oc(C(C)NC(=O)C3CCCNC3)c(C)c2c1.Cl. The van der Waals surface area contributed by atoms with Gasteiger partial charge < -0.3 is 19.8 Å². The van der Waals surface area contributed by atoms with Crippen molar-refractivity contribution in [3.8, 4) is 5.75 Å². The molecule has 3 rings (SSSR count). The van der Waals surface area contributed by atoms with Crippen LogP contribution >= 0.6 is 12.4 Å². The lowest BCUT2D eigenvalue weighted by atomic mass is 9.98. The van der Waals surface area contributed by atoms with E-state index in [1.807, 2.05) is 32.0 Å². The molecule has 2 unspecified atom stereocenters. The zero-order valence-corrected chi connectivity index (χ0v) is 15.2. The highest BCUT2D eigenvalue weighted by Crippen LogP contribution is 2.32. The van der Waals surface area contributed by atoms with Crippen LogP contribution in [0.1, 0.15) is 37.1 Å². The Kier molecular flexibility index (Phi) is 6.13. The van der Waals surface area contributed by atoms with E-state index in [4.69, 9.17) is 9.15 Å². The van der Waals surface area contributed by atoms with Crippen LogP contribution in [0, 0.1) is 12.8 Å². The molecule has 0 spiro atoms. The molecule has 0 aliphatic carbocycles. The Morgan fingerprint density at radius 1 is 1.46 bits per heavy atom. The molecule has 132 valence electrons. The maximum atomic E-state index is 12.4. The van der Waals surface area contributed by atoms with E-state index in [9.17, 15) is 4.79 Å². The summed E-state index contributed by atoms with van der Waals surface area (Å²) in [5, 5.41) is 7.40. The fraction of sp³-hybridized carbons (Fsp3) is 0.500. The number of halogens is 1. The Hall–Kier alpha value is -1.72. The average molecular weight is 353 g/mol. The number of methoxy groups -OCH3 is 1. The molecule has 2 aromatic rings. The van der Waals surface area contributed by atoms with Crippen molar-refractivity contribution in [3.05, 3.63) is 29.5 Å². The number of amides is 1. The molecular formula is C18H25ClN2O3. The number of carbonyl (C=O) groups excluding carboxylic acids is 1. The lowest BCUT2D eigenvalue weighted by molar-refractivity contribution is -0.126. The molecule has 1 aliphatic heterocycles. The summed E-state index contributed by atoms with van der Waals surface area (Å²) < 4.78 is 11.2. The van der Waals surface area contributed by atoms with E-state index in [-0.39, 0.29) is 30.3 Å². The summed E-state index contributed by atoms with van der Waals surface area (Å²) in [7, 11) is 1.65. The van der Waals surface area contributed by atoms with Crippen LogP contribution in [0.3, 0.4) is 0 Å². The van der Waals surface area contributed by atoms with Crippen LogP contribution in [0.25, 0.3) is 11.0 Å². The van der Waals surface area contributed by atoms with Crippen LogP contribution in [0.2, 0.25) is 0 Å². The minimum atomic E-state index is -0.150. The number of carbonyl (C=O) groups is 1. The average Bonchev–Trinajstić information content (AvgIpc) is 2.92. The van der Waals surface area contributed by atoms with Crippen LogP contribution in [0.15, 0.2) is 22.6 Å². The van der Waals surface area contributed by atoms with Gasteiger partial charge in [-0.25, -0.2) is 0 Å². The summed E-state index contributed by atoms with van der Waals surface area (Å²) in [6.07, 6.45) is 2.00. The van der Waals surface area contributed by atoms with Gasteiger partial charge >= 0.3 is 0 Å². The number of hydrogen-bond acceptors (Lipinski definition) is 4. The summed E-state index contributed by atoms with van der Waals surface area (Å²) in [6.45, 7) is 5.75. The van der Waals surface area contributed by atoms with Crippen LogP contribution in [-0.4, -0.2) is 26.1 Å². The van der Waals surface area contributed by atoms with Crippen LogP contribution in [0.4, 0.5) is 0 Å². The molecule has 2 N–H and O–H groups in total. The fourth-order valence-electron chi connectivity index (χ4n) is 3.23. The van der Waals surface area contributed by atoms with Crippen molar-refractivity contribution in [2.24, 2.45) is 5.92 Å². The molecule has 6 heteroatoms. The first-order valence-electron chi connectivity index (χ1n) is 8.18. The molecule has 1 aromatic carbocycles. The molecule has 1 fully saturated rings. The number of hydrogen-bond donors (Lipinski definition) is 2. The van der Waals surface area contributed by atoms with Crippen molar-refractivity contribution in [2.75, 3.05) is 20.2 Å². The smallest absolute Gasteiger partial charge is 0.224 e. The van der Waals surface area contributed by atoms with Crippen LogP contribution < -0.4 is 15.4 Å². The molecule has 1 aromatic heterocycles. The number of aryl methyl sites for hydroxylation is 1. The molecule has 24 heavy (non-hydrogen) atoms. The van der Waals surface area contributed by atoms with Gasteiger partial charge in [-0.1, -0.05) is 0 Å². The van der Waals surface area contributed by atoms with Crippen molar-refractivity contribution >= 4 is 29.3 Å². The maximum absolute atomic E-state index is 12.4. The molecule has 0 bridgehead atoms. The van der Waals surface area contributed by atoms with E-state index in [1.165, 1.54) is 0 Å². The van der Waals surface area contributed by atoms with Gasteiger partial charge in [0, 0.05) is 17.5 Å². The number of benzene rings is 1. The lowest BCUT2D eigenvalue weighted by Gasteiger charge is -2.23. The molecule has 1 aliphatic rings. The van der Waals surface area contributed by atoms with Gasteiger partial charge in [0.25, 0.3) is 0 Å². The van der Waals surface area contributed by atoms with E-state index >= 15 is 0 Å². The first kappa shape index (κ1) is 18.6.